The van der Waals surface area contributed by atoms with Gasteiger partial charge in [-0.1, -0.05) is 60.5 Å². The van der Waals surface area contributed by atoms with Crippen LogP contribution in [-0.2, 0) is 13.1 Å². The van der Waals surface area contributed by atoms with Crippen molar-refractivity contribution in [2.75, 3.05) is 13.1 Å². The second-order valence-corrected chi connectivity index (χ2v) is 8.10. The largest absolute Gasteiger partial charge is 0.309 e. The van der Waals surface area contributed by atoms with E-state index in [4.69, 9.17) is 11.6 Å². The Kier molecular flexibility index (Phi) is 5.40. The summed E-state index contributed by atoms with van der Waals surface area (Å²) in [4.78, 5) is 2.67. The first-order valence-electron chi connectivity index (χ1n) is 9.52. The summed E-state index contributed by atoms with van der Waals surface area (Å²) >= 11 is 6.00. The van der Waals surface area contributed by atoms with Gasteiger partial charge in [0, 0.05) is 37.2 Å². The fraction of sp³-hybridized carbons (Fsp3) is 0.455. The molecule has 132 valence electrons. The van der Waals surface area contributed by atoms with Crippen LogP contribution in [-0.4, -0.2) is 24.0 Å². The zero-order chi connectivity index (χ0) is 17.1. The third kappa shape index (κ3) is 4.25. The van der Waals surface area contributed by atoms with E-state index in [1.807, 2.05) is 12.1 Å². The van der Waals surface area contributed by atoms with Crippen LogP contribution in [0.5, 0.6) is 0 Å². The summed E-state index contributed by atoms with van der Waals surface area (Å²) in [6, 6.07) is 19.8. The van der Waals surface area contributed by atoms with Gasteiger partial charge in [0.15, 0.2) is 0 Å². The fourth-order valence-electron chi connectivity index (χ4n) is 4.68. The first-order valence-corrected chi connectivity index (χ1v) is 9.90. The molecule has 1 saturated heterocycles. The van der Waals surface area contributed by atoms with Gasteiger partial charge in [0.05, 0.1) is 0 Å². The van der Waals surface area contributed by atoms with Gasteiger partial charge in [0.25, 0.3) is 0 Å². The van der Waals surface area contributed by atoms with Crippen molar-refractivity contribution in [3.8, 4) is 0 Å². The Morgan fingerprint density at radius 1 is 0.880 bits per heavy atom. The topological polar surface area (TPSA) is 15.3 Å². The smallest absolute Gasteiger partial charge is 0.0406 e. The molecule has 3 heteroatoms. The van der Waals surface area contributed by atoms with Gasteiger partial charge in [-0.2, -0.15) is 0 Å². The maximum Gasteiger partial charge on any atom is 0.0406 e. The molecule has 4 rings (SSSR count). The summed E-state index contributed by atoms with van der Waals surface area (Å²) in [7, 11) is 0. The molecule has 0 aromatic heterocycles. The van der Waals surface area contributed by atoms with Crippen LogP contribution in [0.15, 0.2) is 54.6 Å². The maximum atomic E-state index is 6.00. The molecule has 2 fully saturated rings. The monoisotopic (exact) mass is 354 g/mol. The van der Waals surface area contributed by atoms with Crippen molar-refractivity contribution in [2.45, 2.75) is 38.4 Å². The van der Waals surface area contributed by atoms with Crippen molar-refractivity contribution in [1.82, 2.24) is 10.2 Å². The fourth-order valence-corrected chi connectivity index (χ4v) is 4.80. The van der Waals surface area contributed by atoms with Crippen molar-refractivity contribution in [1.29, 1.82) is 0 Å². The number of benzene rings is 2. The Hall–Kier alpha value is -1.35. The van der Waals surface area contributed by atoms with Gasteiger partial charge in [-0.3, -0.25) is 4.90 Å². The summed E-state index contributed by atoms with van der Waals surface area (Å²) in [5.41, 5.74) is 2.77. The highest BCUT2D eigenvalue weighted by Gasteiger charge is 2.38. The number of likely N-dealkylation sites (tertiary alicyclic amines) is 1. The lowest BCUT2D eigenvalue weighted by atomic mass is 9.73. The van der Waals surface area contributed by atoms with Gasteiger partial charge in [-0.15, -0.1) is 0 Å². The van der Waals surface area contributed by atoms with Crippen LogP contribution in [0, 0.1) is 11.8 Å². The zero-order valence-electron chi connectivity index (χ0n) is 14.7. The Balaban J connectivity index is 1.37. The van der Waals surface area contributed by atoms with Gasteiger partial charge in [-0.05, 0) is 47.9 Å². The minimum atomic E-state index is 0.663. The maximum absolute atomic E-state index is 6.00. The molecule has 1 saturated carbocycles. The second kappa shape index (κ2) is 7.90. The molecule has 2 bridgehead atoms. The minimum absolute atomic E-state index is 0.663. The molecule has 2 atom stereocenters. The van der Waals surface area contributed by atoms with Crippen molar-refractivity contribution >= 4 is 11.6 Å². The molecule has 1 N–H and O–H groups in total. The van der Waals surface area contributed by atoms with Crippen molar-refractivity contribution < 1.29 is 0 Å². The van der Waals surface area contributed by atoms with Crippen LogP contribution in [0.3, 0.4) is 0 Å². The van der Waals surface area contributed by atoms with Crippen molar-refractivity contribution in [3.63, 3.8) is 0 Å². The SMILES string of the molecule is Clc1ccc(CNC2C3CCCC2CN(Cc2ccccc2)C3)cc1. The standard InChI is InChI=1S/C22H27ClN2/c23-21-11-9-17(10-12-21)13-24-22-19-7-4-8-20(22)16-25(15-19)14-18-5-2-1-3-6-18/h1-3,5-6,9-12,19-20,22,24H,4,7-8,13-16H2. The average molecular weight is 355 g/mol. The molecule has 0 amide bonds. The predicted octanol–water partition coefficient (Wildman–Crippen LogP) is 4.73. The lowest BCUT2D eigenvalue weighted by Crippen LogP contribution is -2.56. The molecule has 2 aromatic carbocycles. The Bertz CT molecular complexity index is 656. The second-order valence-electron chi connectivity index (χ2n) is 7.66. The molecule has 2 unspecified atom stereocenters. The van der Waals surface area contributed by atoms with E-state index in [1.54, 1.807) is 0 Å². The van der Waals surface area contributed by atoms with E-state index in [2.05, 4.69) is 52.7 Å². The quantitative estimate of drug-likeness (QED) is 0.835. The number of piperidine rings is 1. The summed E-state index contributed by atoms with van der Waals surface area (Å²) < 4.78 is 0. The minimum Gasteiger partial charge on any atom is -0.309 e. The summed E-state index contributed by atoms with van der Waals surface area (Å²) in [5, 5.41) is 4.69. The summed E-state index contributed by atoms with van der Waals surface area (Å²) in [5.74, 6) is 1.56. The Morgan fingerprint density at radius 2 is 1.56 bits per heavy atom. The van der Waals surface area contributed by atoms with E-state index in [0.29, 0.717) is 6.04 Å². The summed E-state index contributed by atoms with van der Waals surface area (Å²) in [6.07, 6.45) is 4.12. The van der Waals surface area contributed by atoms with Crippen LogP contribution < -0.4 is 5.32 Å². The third-order valence-corrected chi connectivity index (χ3v) is 6.11. The molecular formula is C22H27ClN2. The molecule has 0 radical (unpaired) electrons. The van der Waals surface area contributed by atoms with E-state index in [0.717, 1.165) is 29.9 Å². The first-order chi connectivity index (χ1) is 12.3. The van der Waals surface area contributed by atoms with E-state index in [-0.39, 0.29) is 0 Å². The van der Waals surface area contributed by atoms with E-state index in [9.17, 15) is 0 Å². The number of rotatable bonds is 5. The van der Waals surface area contributed by atoms with E-state index >= 15 is 0 Å². The molecule has 2 aromatic rings. The van der Waals surface area contributed by atoms with Gasteiger partial charge in [-0.25, -0.2) is 0 Å². The van der Waals surface area contributed by atoms with Crippen LogP contribution in [0.2, 0.25) is 5.02 Å². The van der Waals surface area contributed by atoms with Crippen LogP contribution in [0.1, 0.15) is 30.4 Å². The lowest BCUT2D eigenvalue weighted by molar-refractivity contribution is 0.0415. The number of hydrogen-bond acceptors (Lipinski definition) is 2. The molecule has 1 heterocycles. The number of nitrogens with zero attached hydrogens (tertiary/aromatic N) is 1. The highest BCUT2D eigenvalue weighted by molar-refractivity contribution is 6.30. The average Bonchev–Trinajstić information content (AvgIpc) is 2.62. The Labute approximate surface area is 156 Å². The highest BCUT2D eigenvalue weighted by Crippen LogP contribution is 2.35. The van der Waals surface area contributed by atoms with E-state index < -0.39 is 0 Å². The normalized spacial score (nSPS) is 26.5. The molecule has 1 aliphatic carbocycles. The van der Waals surface area contributed by atoms with Crippen LogP contribution >= 0.6 is 11.6 Å². The van der Waals surface area contributed by atoms with Gasteiger partial charge < -0.3 is 5.32 Å². The molecule has 25 heavy (non-hydrogen) atoms. The molecular weight excluding hydrogens is 328 g/mol. The number of hydrogen-bond donors (Lipinski definition) is 1. The molecule has 0 spiro atoms. The first kappa shape index (κ1) is 17.1. The van der Waals surface area contributed by atoms with E-state index in [1.165, 1.54) is 43.5 Å². The van der Waals surface area contributed by atoms with Crippen LogP contribution in [0.4, 0.5) is 0 Å². The van der Waals surface area contributed by atoms with Crippen molar-refractivity contribution in [3.05, 3.63) is 70.7 Å². The van der Waals surface area contributed by atoms with Gasteiger partial charge in [0.2, 0.25) is 0 Å². The molecule has 2 nitrogen and oxygen atoms in total. The highest BCUT2D eigenvalue weighted by atomic mass is 35.5. The Morgan fingerprint density at radius 3 is 2.24 bits per heavy atom. The molecule has 2 aliphatic rings. The number of nitrogens with one attached hydrogen (secondary N) is 1. The number of halogens is 1. The predicted molar refractivity (Wildman–Crippen MR) is 105 cm³/mol. The summed E-state index contributed by atoms with van der Waals surface area (Å²) in [6.45, 7) is 4.50. The van der Waals surface area contributed by atoms with Gasteiger partial charge >= 0.3 is 0 Å². The van der Waals surface area contributed by atoms with Gasteiger partial charge in [0.1, 0.15) is 0 Å². The molecule has 1 aliphatic heterocycles. The van der Waals surface area contributed by atoms with Crippen molar-refractivity contribution in [2.24, 2.45) is 11.8 Å². The zero-order valence-corrected chi connectivity index (χ0v) is 15.5. The third-order valence-electron chi connectivity index (χ3n) is 5.86. The lowest BCUT2D eigenvalue weighted by Gasteiger charge is -2.48. The van der Waals surface area contributed by atoms with Crippen LogP contribution in [0.25, 0.3) is 0 Å². The number of fused-ring (bicyclic) bond motifs is 2.